The monoisotopic (exact) mass is 755 g/mol. The largest absolute Gasteiger partial charge is 2.00 e. The van der Waals surface area contributed by atoms with Gasteiger partial charge in [0.1, 0.15) is 0 Å². The molecule has 214 valence electrons. The van der Waals surface area contributed by atoms with Gasteiger partial charge < -0.3 is 39.9 Å². The molecule has 1 aliphatic carbocycles. The van der Waals surface area contributed by atoms with Gasteiger partial charge in [-0.25, -0.2) is 16.8 Å². The van der Waals surface area contributed by atoms with Crippen molar-refractivity contribution < 1.29 is 72.1 Å². The maximum Gasteiger partial charge on any atom is 2.00 e. The van der Waals surface area contributed by atoms with Gasteiger partial charge in [-0.05, 0) is 40.8 Å². The standard InChI is InChI=1S/C14H12.2CHF3O3S.5H3N.Os/c1-10-8-9-12-5-2-4-11-6-3-7-13(10)14(11)12;2*2-1(3,4)8(5,6)7;;;;;;/h2-6,8-9H,7H2,1H3;2*(H,5,6,7);5*1H3;/q;;;;;;;;+2/p-2. The van der Waals surface area contributed by atoms with E-state index in [0.717, 1.165) is 6.42 Å². The van der Waals surface area contributed by atoms with Crippen LogP contribution in [0.15, 0.2) is 36.4 Å². The van der Waals surface area contributed by atoms with Crippen LogP contribution in [0.2, 0.25) is 0 Å². The first-order chi connectivity index (χ1) is 13.4. The van der Waals surface area contributed by atoms with Crippen LogP contribution >= 0.6 is 0 Å². The summed E-state index contributed by atoms with van der Waals surface area (Å²) >= 11 is 0. The average Bonchev–Trinajstić information content (AvgIpc) is 2.56. The number of aryl methyl sites for hydroxylation is 1. The second kappa shape index (κ2) is 16.9. The Labute approximate surface area is 217 Å². The van der Waals surface area contributed by atoms with E-state index in [1.807, 2.05) is 0 Å². The van der Waals surface area contributed by atoms with Gasteiger partial charge in [-0.3, -0.25) is 0 Å². The molecular formula is C16H27F6N5O6OsS2. The molecule has 1 aliphatic rings. The van der Waals surface area contributed by atoms with Crippen LogP contribution < -0.4 is 30.8 Å². The summed E-state index contributed by atoms with van der Waals surface area (Å²) in [6, 6.07) is 11.0. The fourth-order valence-corrected chi connectivity index (χ4v) is 2.29. The van der Waals surface area contributed by atoms with Gasteiger partial charge in [-0.15, -0.1) is 0 Å². The molecular weight excluding hydrogens is 727 g/mol. The summed E-state index contributed by atoms with van der Waals surface area (Å²) in [7, 11) is -12.2. The van der Waals surface area contributed by atoms with E-state index < -0.39 is 31.3 Å². The third-order valence-corrected chi connectivity index (χ3v) is 4.74. The van der Waals surface area contributed by atoms with Crippen LogP contribution in [0.5, 0.6) is 0 Å². The van der Waals surface area contributed by atoms with Crippen molar-refractivity contribution in [2.24, 2.45) is 0 Å². The minimum absolute atomic E-state index is 0. The van der Waals surface area contributed by atoms with Gasteiger partial charge in [0.25, 0.3) is 0 Å². The van der Waals surface area contributed by atoms with Crippen LogP contribution in [-0.4, -0.2) is 37.0 Å². The third kappa shape index (κ3) is 13.0. The van der Waals surface area contributed by atoms with E-state index >= 15 is 0 Å². The van der Waals surface area contributed by atoms with Crippen molar-refractivity contribution in [2.75, 3.05) is 0 Å². The van der Waals surface area contributed by atoms with Crippen molar-refractivity contribution in [3.8, 4) is 0 Å². The van der Waals surface area contributed by atoms with Crippen LogP contribution in [0.3, 0.4) is 0 Å². The molecule has 0 saturated heterocycles. The molecule has 36 heavy (non-hydrogen) atoms. The summed E-state index contributed by atoms with van der Waals surface area (Å²) < 4.78 is 118. The van der Waals surface area contributed by atoms with Crippen molar-refractivity contribution in [3.05, 3.63) is 53.1 Å². The number of benzene rings is 2. The number of allylic oxidation sites excluding steroid dienone is 1. The van der Waals surface area contributed by atoms with E-state index in [1.54, 1.807) is 0 Å². The molecule has 0 aromatic heterocycles. The van der Waals surface area contributed by atoms with E-state index in [0.29, 0.717) is 0 Å². The minimum Gasteiger partial charge on any atom is -0.741 e. The molecule has 2 aromatic carbocycles. The number of halogens is 6. The number of hydrogen-bond acceptors (Lipinski definition) is 11. The molecule has 0 atom stereocenters. The molecule has 0 bridgehead atoms. The molecule has 0 radical (unpaired) electrons. The average molecular weight is 754 g/mol. The summed E-state index contributed by atoms with van der Waals surface area (Å²) in [6.45, 7) is 2.20. The Morgan fingerprint density at radius 3 is 1.50 bits per heavy atom. The number of hydrogen-bond donors (Lipinski definition) is 5. The van der Waals surface area contributed by atoms with Crippen molar-refractivity contribution in [2.45, 2.75) is 24.4 Å². The molecule has 2 aromatic rings. The Kier molecular flexibility index (Phi) is 22.3. The predicted octanol–water partition coefficient (Wildman–Crippen LogP) is 4.63. The molecule has 0 saturated carbocycles. The zero-order valence-electron chi connectivity index (χ0n) is 18.7. The molecule has 0 unspecified atom stereocenters. The smallest absolute Gasteiger partial charge is 0.741 e. The van der Waals surface area contributed by atoms with Crippen LogP contribution in [0.4, 0.5) is 26.3 Å². The predicted molar refractivity (Wildman–Crippen MR) is 118 cm³/mol. The van der Waals surface area contributed by atoms with Gasteiger partial charge in [0.15, 0.2) is 20.2 Å². The topological polar surface area (TPSA) is 289 Å². The minimum atomic E-state index is -6.09. The van der Waals surface area contributed by atoms with Crippen molar-refractivity contribution in [3.63, 3.8) is 0 Å². The molecule has 3 rings (SSSR count). The SMILES string of the molecule is Cc1ccc2cccc3c2c1CC=C3.N.N.N.N.N.O=S(=O)([O-])C(F)(F)F.O=S(=O)([O-])C(F)(F)F.[Os+2]. The summed E-state index contributed by atoms with van der Waals surface area (Å²) in [5, 5.41) is 2.82. The zero-order chi connectivity index (χ0) is 23.5. The quantitative estimate of drug-likeness (QED) is 0.140. The van der Waals surface area contributed by atoms with Crippen molar-refractivity contribution in [1.29, 1.82) is 0 Å². The molecule has 0 heterocycles. The number of rotatable bonds is 0. The summed E-state index contributed by atoms with van der Waals surface area (Å²) in [5.41, 5.74) is -7.01. The van der Waals surface area contributed by atoms with Crippen LogP contribution in [0, 0.1) is 6.92 Å². The molecule has 20 heteroatoms. The van der Waals surface area contributed by atoms with E-state index in [9.17, 15) is 26.3 Å². The van der Waals surface area contributed by atoms with Gasteiger partial charge in [-0.2, -0.15) is 26.3 Å². The first-order valence-electron chi connectivity index (χ1n) is 7.58. The molecule has 0 spiro atoms. The van der Waals surface area contributed by atoms with Gasteiger partial charge in [0.2, 0.25) is 0 Å². The van der Waals surface area contributed by atoms with Gasteiger partial charge in [0, 0.05) is 0 Å². The van der Waals surface area contributed by atoms with E-state index in [-0.39, 0.29) is 50.5 Å². The fraction of sp³-hybridized carbons (Fsp3) is 0.250. The third-order valence-electron chi connectivity index (χ3n) is 3.61. The second-order valence-electron chi connectivity index (χ2n) is 5.71. The molecule has 15 N–H and O–H groups in total. The summed E-state index contributed by atoms with van der Waals surface area (Å²) in [6.07, 6.45) is 5.57. The van der Waals surface area contributed by atoms with E-state index in [1.165, 1.54) is 27.5 Å². The van der Waals surface area contributed by atoms with Crippen molar-refractivity contribution in [1.82, 2.24) is 30.8 Å². The Bertz CT molecular complexity index is 1130. The Morgan fingerprint density at radius 2 is 1.14 bits per heavy atom. The zero-order valence-corrected chi connectivity index (χ0v) is 22.8. The maximum absolute atomic E-state index is 10.7. The normalized spacial score (nSPS) is 11.5. The van der Waals surface area contributed by atoms with E-state index in [2.05, 4.69) is 49.4 Å². The van der Waals surface area contributed by atoms with Crippen molar-refractivity contribution >= 4 is 37.1 Å². The summed E-state index contributed by atoms with van der Waals surface area (Å²) in [4.78, 5) is 0. The Hall–Kier alpha value is -1.72. The van der Waals surface area contributed by atoms with Gasteiger partial charge >= 0.3 is 30.8 Å². The second-order valence-corrected chi connectivity index (χ2v) is 8.45. The molecule has 0 fully saturated rings. The molecule has 0 aliphatic heterocycles. The maximum atomic E-state index is 10.7. The Morgan fingerprint density at radius 1 is 0.750 bits per heavy atom. The number of alkyl halides is 6. The first kappa shape index (κ1) is 47.5. The Balaban J connectivity index is -0.0000000920. The van der Waals surface area contributed by atoms with Crippen LogP contribution in [0.1, 0.15) is 16.7 Å². The van der Waals surface area contributed by atoms with E-state index in [4.69, 9.17) is 25.9 Å². The first-order valence-corrected chi connectivity index (χ1v) is 10.4. The summed E-state index contributed by atoms with van der Waals surface area (Å²) in [5.74, 6) is 0. The molecule has 0 amide bonds. The molecule has 11 nitrogen and oxygen atoms in total. The van der Waals surface area contributed by atoms with Gasteiger partial charge in [0.05, 0.1) is 0 Å². The van der Waals surface area contributed by atoms with Crippen LogP contribution in [-0.2, 0) is 46.4 Å². The van der Waals surface area contributed by atoms with Crippen LogP contribution in [0.25, 0.3) is 16.8 Å². The fourth-order valence-electron chi connectivity index (χ4n) is 2.29. The van der Waals surface area contributed by atoms with Gasteiger partial charge in [-0.1, -0.05) is 42.5 Å².